The van der Waals surface area contributed by atoms with Gasteiger partial charge in [0.15, 0.2) is 0 Å². The highest BCUT2D eigenvalue weighted by Crippen LogP contribution is 2.49. The molecule has 1 aromatic rings. The van der Waals surface area contributed by atoms with Crippen molar-refractivity contribution in [2.24, 2.45) is 11.8 Å². The number of pyridine rings is 1. The molecule has 2 amide bonds. The van der Waals surface area contributed by atoms with E-state index in [-0.39, 0.29) is 35.9 Å². The Balaban J connectivity index is 1.76. The van der Waals surface area contributed by atoms with Crippen molar-refractivity contribution >= 4 is 17.6 Å². The third-order valence-electron chi connectivity index (χ3n) is 4.16. The molecule has 18 heavy (non-hydrogen) atoms. The largest absolute Gasteiger partial charge is 0.373 e. The Hall–Kier alpha value is -1.75. The molecule has 0 radical (unpaired) electrons. The minimum Gasteiger partial charge on any atom is -0.373 e. The molecule has 0 aromatic carbocycles. The fraction of sp³-hybridized carbons (Fsp3) is 0.462. The standard InChI is InChI=1S/C13H12N2O3/c16-12-10-7-4-5-8(18-7)11(10)13(17)15(12)9-3-1-2-6-14-9/h1-3,6-8,10-11H,4-5H2/t7-,8+,10-,11+. The van der Waals surface area contributed by atoms with Gasteiger partial charge in [-0.3, -0.25) is 9.59 Å². The number of hydrogen-bond donors (Lipinski definition) is 0. The van der Waals surface area contributed by atoms with Crippen LogP contribution in [-0.4, -0.2) is 29.0 Å². The lowest BCUT2D eigenvalue weighted by Gasteiger charge is -2.15. The Morgan fingerprint density at radius 3 is 2.33 bits per heavy atom. The van der Waals surface area contributed by atoms with Gasteiger partial charge in [0.05, 0.1) is 24.0 Å². The molecule has 0 spiro atoms. The average Bonchev–Trinajstić information content (AvgIpc) is 3.05. The number of imide groups is 1. The zero-order chi connectivity index (χ0) is 12.3. The first-order valence-corrected chi connectivity index (χ1v) is 6.21. The van der Waals surface area contributed by atoms with Gasteiger partial charge in [-0.2, -0.15) is 0 Å². The van der Waals surface area contributed by atoms with Gasteiger partial charge in [0.25, 0.3) is 0 Å². The van der Waals surface area contributed by atoms with E-state index >= 15 is 0 Å². The quantitative estimate of drug-likeness (QED) is 0.684. The number of amides is 2. The van der Waals surface area contributed by atoms with E-state index in [1.54, 1.807) is 24.4 Å². The van der Waals surface area contributed by atoms with Crippen LogP contribution < -0.4 is 4.90 Å². The lowest BCUT2D eigenvalue weighted by Crippen LogP contribution is -2.34. The fourth-order valence-corrected chi connectivity index (χ4v) is 3.42. The van der Waals surface area contributed by atoms with E-state index in [0.717, 1.165) is 12.8 Å². The van der Waals surface area contributed by atoms with Crippen molar-refractivity contribution in [1.29, 1.82) is 0 Å². The summed E-state index contributed by atoms with van der Waals surface area (Å²) < 4.78 is 5.68. The molecular weight excluding hydrogens is 232 g/mol. The lowest BCUT2D eigenvalue weighted by molar-refractivity contribution is -0.124. The number of hydrogen-bond acceptors (Lipinski definition) is 4. The fourth-order valence-electron chi connectivity index (χ4n) is 3.42. The van der Waals surface area contributed by atoms with Crippen molar-refractivity contribution in [2.75, 3.05) is 4.90 Å². The first kappa shape index (κ1) is 10.2. The molecule has 4 atom stereocenters. The Bertz CT molecular complexity index is 502. The summed E-state index contributed by atoms with van der Waals surface area (Å²) in [6.45, 7) is 0. The molecule has 2 bridgehead atoms. The number of nitrogens with zero attached hydrogens (tertiary/aromatic N) is 2. The molecule has 3 aliphatic rings. The molecule has 1 aromatic heterocycles. The molecule has 3 fully saturated rings. The zero-order valence-electron chi connectivity index (χ0n) is 9.65. The van der Waals surface area contributed by atoms with E-state index in [1.807, 2.05) is 0 Å². The first-order chi connectivity index (χ1) is 8.77. The summed E-state index contributed by atoms with van der Waals surface area (Å²) in [6, 6.07) is 5.24. The molecule has 4 rings (SSSR count). The van der Waals surface area contributed by atoms with Crippen LogP contribution in [0.25, 0.3) is 0 Å². The van der Waals surface area contributed by atoms with Crippen LogP contribution >= 0.6 is 0 Å². The molecule has 0 saturated carbocycles. The summed E-state index contributed by atoms with van der Waals surface area (Å²) in [6.07, 6.45) is 3.24. The topological polar surface area (TPSA) is 59.5 Å². The predicted molar refractivity (Wildman–Crippen MR) is 61.6 cm³/mol. The number of fused-ring (bicyclic) bond motifs is 5. The molecule has 0 aliphatic carbocycles. The highest BCUT2D eigenvalue weighted by atomic mass is 16.5. The van der Waals surface area contributed by atoms with Gasteiger partial charge in [0, 0.05) is 6.20 Å². The third-order valence-corrected chi connectivity index (χ3v) is 4.16. The van der Waals surface area contributed by atoms with Crippen LogP contribution in [0, 0.1) is 11.8 Å². The molecule has 0 unspecified atom stereocenters. The number of ether oxygens (including phenoxy) is 1. The molecule has 3 saturated heterocycles. The molecule has 92 valence electrons. The third kappa shape index (κ3) is 1.12. The van der Waals surface area contributed by atoms with E-state index in [1.165, 1.54) is 4.90 Å². The average molecular weight is 244 g/mol. The SMILES string of the molecule is O=C1[C@@H]2[C@H](C(=O)N1c1ccccn1)[C@H]1CC[C@@H]2O1. The van der Waals surface area contributed by atoms with Crippen LogP contribution in [0.2, 0.25) is 0 Å². The molecule has 4 heterocycles. The smallest absolute Gasteiger partial charge is 0.241 e. The maximum Gasteiger partial charge on any atom is 0.241 e. The van der Waals surface area contributed by atoms with Crippen LogP contribution in [0.15, 0.2) is 24.4 Å². The predicted octanol–water partition coefficient (Wildman–Crippen LogP) is 0.748. The van der Waals surface area contributed by atoms with Crippen molar-refractivity contribution < 1.29 is 14.3 Å². The number of carbonyl (C=O) groups is 2. The molecule has 0 N–H and O–H groups in total. The Morgan fingerprint density at radius 1 is 1.11 bits per heavy atom. The van der Waals surface area contributed by atoms with Gasteiger partial charge in [0.1, 0.15) is 5.82 Å². The van der Waals surface area contributed by atoms with Crippen LogP contribution in [0.1, 0.15) is 12.8 Å². The Kier molecular flexibility index (Phi) is 1.92. The minimum atomic E-state index is -0.279. The maximum atomic E-state index is 12.4. The van der Waals surface area contributed by atoms with Gasteiger partial charge >= 0.3 is 0 Å². The van der Waals surface area contributed by atoms with E-state index in [2.05, 4.69) is 4.98 Å². The normalized spacial score (nSPS) is 37.4. The Morgan fingerprint density at radius 2 is 1.78 bits per heavy atom. The molecule has 5 nitrogen and oxygen atoms in total. The van der Waals surface area contributed by atoms with E-state index in [0.29, 0.717) is 5.82 Å². The second kappa shape index (κ2) is 3.38. The summed E-state index contributed by atoms with van der Waals surface area (Å²) >= 11 is 0. The van der Waals surface area contributed by atoms with Crippen LogP contribution in [0.4, 0.5) is 5.82 Å². The van der Waals surface area contributed by atoms with E-state index in [9.17, 15) is 9.59 Å². The number of aromatic nitrogens is 1. The molecule has 5 heteroatoms. The second-order valence-electron chi connectivity index (χ2n) is 5.04. The summed E-state index contributed by atoms with van der Waals surface area (Å²) in [7, 11) is 0. The van der Waals surface area contributed by atoms with Gasteiger partial charge < -0.3 is 4.74 Å². The van der Waals surface area contributed by atoms with Crippen molar-refractivity contribution in [2.45, 2.75) is 25.0 Å². The van der Waals surface area contributed by atoms with E-state index < -0.39 is 0 Å². The Labute approximate surface area is 104 Å². The van der Waals surface area contributed by atoms with E-state index in [4.69, 9.17) is 4.74 Å². The number of carbonyl (C=O) groups excluding carboxylic acids is 2. The zero-order valence-corrected chi connectivity index (χ0v) is 9.65. The molecule has 3 aliphatic heterocycles. The van der Waals surface area contributed by atoms with Gasteiger partial charge in [-0.25, -0.2) is 9.88 Å². The summed E-state index contributed by atoms with van der Waals surface area (Å²) in [4.78, 5) is 30.1. The van der Waals surface area contributed by atoms with Gasteiger partial charge in [-0.15, -0.1) is 0 Å². The number of anilines is 1. The van der Waals surface area contributed by atoms with Gasteiger partial charge in [-0.05, 0) is 25.0 Å². The molecular formula is C13H12N2O3. The van der Waals surface area contributed by atoms with Crippen LogP contribution in [0.3, 0.4) is 0 Å². The minimum absolute atomic E-state index is 0.0647. The summed E-state index contributed by atoms with van der Waals surface area (Å²) in [5.74, 6) is -0.412. The van der Waals surface area contributed by atoms with Crippen molar-refractivity contribution in [3.8, 4) is 0 Å². The van der Waals surface area contributed by atoms with Crippen molar-refractivity contribution in [1.82, 2.24) is 4.98 Å². The van der Waals surface area contributed by atoms with Crippen LogP contribution in [0.5, 0.6) is 0 Å². The van der Waals surface area contributed by atoms with Gasteiger partial charge in [-0.1, -0.05) is 6.07 Å². The maximum absolute atomic E-state index is 12.4. The van der Waals surface area contributed by atoms with Gasteiger partial charge in [0.2, 0.25) is 11.8 Å². The van der Waals surface area contributed by atoms with Crippen LogP contribution in [-0.2, 0) is 14.3 Å². The van der Waals surface area contributed by atoms with Crippen molar-refractivity contribution in [3.63, 3.8) is 0 Å². The number of rotatable bonds is 1. The van der Waals surface area contributed by atoms with Crippen molar-refractivity contribution in [3.05, 3.63) is 24.4 Å². The first-order valence-electron chi connectivity index (χ1n) is 6.21. The summed E-state index contributed by atoms with van der Waals surface area (Å²) in [5.41, 5.74) is 0. The summed E-state index contributed by atoms with van der Waals surface area (Å²) in [5, 5.41) is 0. The lowest BCUT2D eigenvalue weighted by atomic mass is 9.81. The second-order valence-corrected chi connectivity index (χ2v) is 5.04. The monoisotopic (exact) mass is 244 g/mol. The highest BCUT2D eigenvalue weighted by molar-refractivity contribution is 6.22. The highest BCUT2D eigenvalue weighted by Gasteiger charge is 2.62.